The number of hydrogen-bond donors (Lipinski definition) is 3. The van der Waals surface area contributed by atoms with E-state index in [2.05, 4.69) is 26.6 Å². The lowest BCUT2D eigenvalue weighted by atomic mass is 10.2. The van der Waals surface area contributed by atoms with E-state index in [1.165, 1.54) is 12.1 Å². The topological polar surface area (TPSA) is 78.4 Å². The van der Waals surface area contributed by atoms with Crippen LogP contribution in [-0.4, -0.2) is 29.5 Å². The molecule has 1 aromatic carbocycles. The summed E-state index contributed by atoms with van der Waals surface area (Å²) in [5.41, 5.74) is 0.127. The van der Waals surface area contributed by atoms with Gasteiger partial charge in [-0.25, -0.2) is 0 Å². The maximum Gasteiger partial charge on any atom is 0.255 e. The van der Waals surface area contributed by atoms with Crippen molar-refractivity contribution in [3.8, 4) is 5.75 Å². The molecule has 1 aromatic rings. The Kier molecular flexibility index (Phi) is 5.15. The highest BCUT2D eigenvalue weighted by molar-refractivity contribution is 9.10. The zero-order valence-corrected chi connectivity index (χ0v) is 11.7. The maximum atomic E-state index is 11.7. The minimum atomic E-state index is -0.493. The average Bonchev–Trinajstić information content (AvgIpc) is 2.28. The number of phenols is 1. The van der Waals surface area contributed by atoms with Crippen molar-refractivity contribution >= 4 is 27.7 Å². The fourth-order valence-electron chi connectivity index (χ4n) is 1.32. The minimum absolute atomic E-state index is 0.0219. The van der Waals surface area contributed by atoms with Crippen LogP contribution in [0, 0.1) is 0 Å². The van der Waals surface area contributed by atoms with E-state index in [9.17, 15) is 14.7 Å². The third-order valence-electron chi connectivity index (χ3n) is 2.06. The van der Waals surface area contributed by atoms with Crippen LogP contribution in [0.15, 0.2) is 22.7 Å². The molecule has 0 unspecified atom stereocenters. The predicted molar refractivity (Wildman–Crippen MR) is 71.4 cm³/mol. The highest BCUT2D eigenvalue weighted by atomic mass is 79.9. The van der Waals surface area contributed by atoms with Gasteiger partial charge in [-0.2, -0.15) is 0 Å². The Balaban J connectivity index is 2.60. The molecule has 3 N–H and O–H groups in total. The number of rotatable bonds is 4. The molecule has 98 valence electrons. The van der Waals surface area contributed by atoms with Crippen molar-refractivity contribution in [3.63, 3.8) is 0 Å². The van der Waals surface area contributed by atoms with Crippen LogP contribution in [0.2, 0.25) is 0 Å². The Labute approximate surface area is 114 Å². The number of carbonyl (C=O) groups is 2. The van der Waals surface area contributed by atoms with E-state index in [0.29, 0.717) is 4.47 Å². The van der Waals surface area contributed by atoms with Gasteiger partial charge in [-0.15, -0.1) is 0 Å². The monoisotopic (exact) mass is 314 g/mol. The molecule has 0 atom stereocenters. The molecule has 0 aromatic heterocycles. The third kappa shape index (κ3) is 4.37. The van der Waals surface area contributed by atoms with E-state index in [1.54, 1.807) is 6.07 Å². The van der Waals surface area contributed by atoms with Gasteiger partial charge in [-0.1, -0.05) is 15.9 Å². The highest BCUT2D eigenvalue weighted by Gasteiger charge is 2.12. The fraction of sp³-hybridized carbons (Fsp3) is 0.333. The molecular formula is C12H15BrN2O3. The van der Waals surface area contributed by atoms with Gasteiger partial charge in [-0.3, -0.25) is 9.59 Å². The van der Waals surface area contributed by atoms with Crippen LogP contribution in [0.25, 0.3) is 0 Å². The van der Waals surface area contributed by atoms with Crippen LogP contribution in [0.3, 0.4) is 0 Å². The molecule has 1 rings (SSSR count). The molecule has 0 aliphatic heterocycles. The summed E-state index contributed by atoms with van der Waals surface area (Å²) in [6, 6.07) is 4.55. The number of phenolic OH excluding ortho intramolecular Hbond substituents is 1. The van der Waals surface area contributed by atoms with Gasteiger partial charge in [0.05, 0.1) is 12.1 Å². The van der Waals surface area contributed by atoms with E-state index >= 15 is 0 Å². The molecule has 0 spiro atoms. The molecule has 0 aliphatic carbocycles. The number of carbonyl (C=O) groups excluding carboxylic acids is 2. The third-order valence-corrected chi connectivity index (χ3v) is 2.56. The first-order chi connectivity index (χ1) is 8.40. The summed E-state index contributed by atoms with van der Waals surface area (Å²) in [4.78, 5) is 23.1. The number of benzene rings is 1. The second-order valence-corrected chi connectivity index (χ2v) is 4.98. The van der Waals surface area contributed by atoms with Crippen LogP contribution < -0.4 is 10.6 Å². The molecule has 0 fully saturated rings. The van der Waals surface area contributed by atoms with Crippen molar-refractivity contribution in [2.75, 3.05) is 6.54 Å². The van der Waals surface area contributed by atoms with Gasteiger partial charge in [-0.05, 0) is 32.0 Å². The molecule has 0 heterocycles. The van der Waals surface area contributed by atoms with E-state index in [4.69, 9.17) is 0 Å². The summed E-state index contributed by atoms with van der Waals surface area (Å²) >= 11 is 3.21. The predicted octanol–water partition coefficient (Wildman–Crippen LogP) is 1.41. The van der Waals surface area contributed by atoms with Crippen molar-refractivity contribution in [2.45, 2.75) is 19.9 Å². The number of nitrogens with one attached hydrogen (secondary N) is 2. The number of aromatic hydroxyl groups is 1. The van der Waals surface area contributed by atoms with Crippen LogP contribution >= 0.6 is 15.9 Å². The summed E-state index contributed by atoms with van der Waals surface area (Å²) in [5.74, 6) is -0.888. The van der Waals surface area contributed by atoms with Gasteiger partial charge in [0.25, 0.3) is 5.91 Å². The molecule has 5 nitrogen and oxygen atoms in total. The minimum Gasteiger partial charge on any atom is -0.507 e. The van der Waals surface area contributed by atoms with Crippen molar-refractivity contribution in [1.29, 1.82) is 0 Å². The quantitative estimate of drug-likeness (QED) is 0.786. The van der Waals surface area contributed by atoms with Crippen molar-refractivity contribution in [2.24, 2.45) is 0 Å². The Morgan fingerprint density at radius 1 is 1.39 bits per heavy atom. The summed E-state index contributed by atoms with van der Waals surface area (Å²) in [6.45, 7) is 3.54. The number of hydrogen-bond acceptors (Lipinski definition) is 3. The van der Waals surface area contributed by atoms with Crippen LogP contribution in [0.1, 0.15) is 24.2 Å². The van der Waals surface area contributed by atoms with Gasteiger partial charge in [0.1, 0.15) is 5.75 Å². The van der Waals surface area contributed by atoms with Gasteiger partial charge in [0.2, 0.25) is 5.91 Å². The SMILES string of the molecule is CC(C)NC(=O)CNC(=O)c1cc(Br)ccc1O. The first-order valence-corrected chi connectivity index (χ1v) is 6.25. The lowest BCUT2D eigenvalue weighted by molar-refractivity contribution is -0.120. The second-order valence-electron chi connectivity index (χ2n) is 4.07. The Hall–Kier alpha value is -1.56. The lowest BCUT2D eigenvalue weighted by Crippen LogP contribution is -2.39. The number of amides is 2. The summed E-state index contributed by atoms with van der Waals surface area (Å²) < 4.78 is 0.678. The van der Waals surface area contributed by atoms with Crippen LogP contribution in [-0.2, 0) is 4.79 Å². The molecule has 0 aliphatic rings. The first kappa shape index (κ1) is 14.5. The molecule has 6 heteroatoms. The van der Waals surface area contributed by atoms with Crippen LogP contribution in [0.5, 0.6) is 5.75 Å². The Morgan fingerprint density at radius 3 is 2.67 bits per heavy atom. The largest absolute Gasteiger partial charge is 0.507 e. The van der Waals surface area contributed by atoms with E-state index in [-0.39, 0.29) is 29.8 Å². The summed E-state index contributed by atoms with van der Waals surface area (Å²) in [6.07, 6.45) is 0. The van der Waals surface area contributed by atoms with Gasteiger partial charge >= 0.3 is 0 Å². The van der Waals surface area contributed by atoms with Crippen LogP contribution in [0.4, 0.5) is 0 Å². The average molecular weight is 315 g/mol. The zero-order valence-electron chi connectivity index (χ0n) is 10.2. The van der Waals surface area contributed by atoms with Crippen molar-refractivity contribution in [1.82, 2.24) is 10.6 Å². The molecule has 0 saturated carbocycles. The molecular weight excluding hydrogens is 300 g/mol. The second kappa shape index (κ2) is 6.39. The standard InChI is InChI=1S/C12H15BrN2O3/c1-7(2)15-11(17)6-14-12(18)9-5-8(13)3-4-10(9)16/h3-5,7,16H,6H2,1-2H3,(H,14,18)(H,15,17). The van der Waals surface area contributed by atoms with Crippen molar-refractivity contribution < 1.29 is 14.7 Å². The Morgan fingerprint density at radius 2 is 2.06 bits per heavy atom. The Bertz CT molecular complexity index is 461. The molecule has 18 heavy (non-hydrogen) atoms. The molecule has 0 bridgehead atoms. The maximum absolute atomic E-state index is 11.7. The normalized spacial score (nSPS) is 10.2. The summed E-state index contributed by atoms with van der Waals surface area (Å²) in [7, 11) is 0. The zero-order chi connectivity index (χ0) is 13.7. The first-order valence-electron chi connectivity index (χ1n) is 5.46. The van der Waals surface area contributed by atoms with Gasteiger partial charge < -0.3 is 15.7 Å². The van der Waals surface area contributed by atoms with Crippen molar-refractivity contribution in [3.05, 3.63) is 28.2 Å². The smallest absolute Gasteiger partial charge is 0.255 e. The van der Waals surface area contributed by atoms with Gasteiger partial charge in [0, 0.05) is 10.5 Å². The molecule has 2 amide bonds. The van der Waals surface area contributed by atoms with Gasteiger partial charge in [0.15, 0.2) is 0 Å². The summed E-state index contributed by atoms with van der Waals surface area (Å²) in [5, 5.41) is 14.6. The van der Waals surface area contributed by atoms with E-state index in [0.717, 1.165) is 0 Å². The number of halogens is 1. The van der Waals surface area contributed by atoms with E-state index in [1.807, 2.05) is 13.8 Å². The van der Waals surface area contributed by atoms with E-state index < -0.39 is 5.91 Å². The highest BCUT2D eigenvalue weighted by Crippen LogP contribution is 2.21. The fourth-order valence-corrected chi connectivity index (χ4v) is 1.68. The molecule has 0 saturated heterocycles. The lowest BCUT2D eigenvalue weighted by Gasteiger charge is -2.10. The molecule has 0 radical (unpaired) electrons.